The van der Waals surface area contributed by atoms with E-state index in [4.69, 9.17) is 15.2 Å². The van der Waals surface area contributed by atoms with Crippen molar-refractivity contribution in [3.63, 3.8) is 0 Å². The molecule has 20 heavy (non-hydrogen) atoms. The summed E-state index contributed by atoms with van der Waals surface area (Å²) < 4.78 is 11.5. The van der Waals surface area contributed by atoms with Crippen LogP contribution in [0.2, 0.25) is 0 Å². The standard InChI is InChI=1S/C16H25NO3/c1-5-14(20-16(18)12(4)17)15(11(2)3)19-13-9-7-6-8-10-13/h6-12,14-15H,5,17H2,1-4H3/t12-,14-,15+/m0/s1. The molecule has 0 aromatic heterocycles. The molecule has 0 amide bonds. The Hall–Kier alpha value is -1.55. The van der Waals surface area contributed by atoms with E-state index in [1.165, 1.54) is 0 Å². The second-order valence-electron chi connectivity index (χ2n) is 5.31. The molecule has 0 fully saturated rings. The fourth-order valence-electron chi connectivity index (χ4n) is 1.94. The largest absolute Gasteiger partial charge is 0.486 e. The molecule has 4 heteroatoms. The van der Waals surface area contributed by atoms with Gasteiger partial charge >= 0.3 is 5.97 Å². The Morgan fingerprint density at radius 1 is 1.20 bits per heavy atom. The number of benzene rings is 1. The normalized spacial score (nSPS) is 15.5. The second-order valence-corrected chi connectivity index (χ2v) is 5.31. The quantitative estimate of drug-likeness (QED) is 0.780. The Morgan fingerprint density at radius 2 is 1.80 bits per heavy atom. The predicted octanol–water partition coefficient (Wildman–Crippen LogP) is 2.76. The summed E-state index contributed by atoms with van der Waals surface area (Å²) >= 11 is 0. The molecule has 0 spiro atoms. The number of rotatable bonds is 7. The van der Waals surface area contributed by atoms with Crippen LogP contribution in [0.15, 0.2) is 30.3 Å². The van der Waals surface area contributed by atoms with Crippen LogP contribution in [0.4, 0.5) is 0 Å². The van der Waals surface area contributed by atoms with E-state index in [1.807, 2.05) is 37.3 Å². The van der Waals surface area contributed by atoms with E-state index in [0.717, 1.165) is 5.75 Å². The lowest BCUT2D eigenvalue weighted by atomic mass is 9.99. The van der Waals surface area contributed by atoms with Crippen molar-refractivity contribution >= 4 is 5.97 Å². The molecule has 4 nitrogen and oxygen atoms in total. The average Bonchev–Trinajstić information content (AvgIpc) is 2.43. The number of carbonyl (C=O) groups is 1. The number of hydrogen-bond donors (Lipinski definition) is 1. The van der Waals surface area contributed by atoms with Gasteiger partial charge in [-0.1, -0.05) is 39.0 Å². The third kappa shape index (κ3) is 4.85. The topological polar surface area (TPSA) is 61.5 Å². The van der Waals surface area contributed by atoms with Gasteiger partial charge in [0.25, 0.3) is 0 Å². The number of esters is 1. The maximum Gasteiger partial charge on any atom is 0.323 e. The second kappa shape index (κ2) is 7.90. The van der Waals surface area contributed by atoms with Crippen molar-refractivity contribution in [2.45, 2.75) is 52.4 Å². The Bertz CT molecular complexity index is 403. The van der Waals surface area contributed by atoms with Crippen LogP contribution >= 0.6 is 0 Å². The summed E-state index contributed by atoms with van der Waals surface area (Å²) in [5.41, 5.74) is 5.55. The lowest BCUT2D eigenvalue weighted by Crippen LogP contribution is -2.42. The summed E-state index contributed by atoms with van der Waals surface area (Å²) in [6.45, 7) is 7.70. The molecule has 0 aliphatic heterocycles. The fraction of sp³-hybridized carbons (Fsp3) is 0.562. The van der Waals surface area contributed by atoms with Crippen LogP contribution in [-0.2, 0) is 9.53 Å². The lowest BCUT2D eigenvalue weighted by molar-refractivity contribution is -0.156. The van der Waals surface area contributed by atoms with Gasteiger partial charge in [-0.2, -0.15) is 0 Å². The van der Waals surface area contributed by atoms with Crippen molar-refractivity contribution in [1.29, 1.82) is 0 Å². The van der Waals surface area contributed by atoms with Crippen LogP contribution in [0.1, 0.15) is 34.1 Å². The molecule has 3 atom stereocenters. The van der Waals surface area contributed by atoms with Gasteiger partial charge in [-0.05, 0) is 31.4 Å². The highest BCUT2D eigenvalue weighted by atomic mass is 16.6. The molecule has 1 aromatic rings. The van der Waals surface area contributed by atoms with E-state index in [9.17, 15) is 4.79 Å². The molecule has 112 valence electrons. The highest BCUT2D eigenvalue weighted by Gasteiger charge is 2.29. The predicted molar refractivity (Wildman–Crippen MR) is 79.5 cm³/mol. The molecule has 0 heterocycles. The van der Waals surface area contributed by atoms with Gasteiger partial charge in [-0.15, -0.1) is 0 Å². The zero-order chi connectivity index (χ0) is 15.1. The van der Waals surface area contributed by atoms with Crippen molar-refractivity contribution < 1.29 is 14.3 Å². The fourth-order valence-corrected chi connectivity index (χ4v) is 1.94. The first-order valence-electron chi connectivity index (χ1n) is 7.13. The van der Waals surface area contributed by atoms with Crippen molar-refractivity contribution in [2.75, 3.05) is 0 Å². The summed E-state index contributed by atoms with van der Waals surface area (Å²) in [6.07, 6.45) is 0.201. The van der Waals surface area contributed by atoms with Crippen LogP contribution in [0.3, 0.4) is 0 Å². The molecule has 1 rings (SSSR count). The maximum absolute atomic E-state index is 11.7. The number of carbonyl (C=O) groups excluding carboxylic acids is 1. The zero-order valence-electron chi connectivity index (χ0n) is 12.7. The van der Waals surface area contributed by atoms with Gasteiger partial charge in [0, 0.05) is 0 Å². The van der Waals surface area contributed by atoms with Crippen LogP contribution in [0.5, 0.6) is 5.75 Å². The third-order valence-electron chi connectivity index (χ3n) is 3.08. The third-order valence-corrected chi connectivity index (χ3v) is 3.08. The maximum atomic E-state index is 11.7. The van der Waals surface area contributed by atoms with Crippen LogP contribution in [0.25, 0.3) is 0 Å². The molecule has 0 aliphatic rings. The molecule has 0 unspecified atom stereocenters. The summed E-state index contributed by atoms with van der Waals surface area (Å²) in [5.74, 6) is 0.613. The first-order chi connectivity index (χ1) is 9.45. The SMILES string of the molecule is CC[C@H](OC(=O)[C@H](C)N)[C@H](Oc1ccccc1)C(C)C. The minimum Gasteiger partial charge on any atom is -0.486 e. The van der Waals surface area contributed by atoms with Gasteiger partial charge in [-0.3, -0.25) is 4.79 Å². The van der Waals surface area contributed by atoms with Gasteiger partial charge < -0.3 is 15.2 Å². The Morgan fingerprint density at radius 3 is 2.25 bits per heavy atom. The monoisotopic (exact) mass is 279 g/mol. The van der Waals surface area contributed by atoms with Gasteiger partial charge in [0.2, 0.25) is 0 Å². The minimum absolute atomic E-state index is 0.190. The number of hydrogen-bond acceptors (Lipinski definition) is 4. The Kier molecular flexibility index (Phi) is 6.52. The molecular formula is C16H25NO3. The average molecular weight is 279 g/mol. The first-order valence-corrected chi connectivity index (χ1v) is 7.13. The van der Waals surface area contributed by atoms with Crippen molar-refractivity contribution in [1.82, 2.24) is 0 Å². The number of nitrogens with two attached hydrogens (primary N) is 1. The van der Waals surface area contributed by atoms with E-state index in [0.29, 0.717) is 6.42 Å². The molecule has 2 N–H and O–H groups in total. The van der Waals surface area contributed by atoms with Crippen LogP contribution < -0.4 is 10.5 Å². The highest BCUT2D eigenvalue weighted by Crippen LogP contribution is 2.21. The van der Waals surface area contributed by atoms with E-state index in [-0.39, 0.29) is 24.1 Å². The highest BCUT2D eigenvalue weighted by molar-refractivity contribution is 5.75. The molecular weight excluding hydrogens is 254 g/mol. The summed E-state index contributed by atoms with van der Waals surface area (Å²) in [7, 11) is 0. The molecule has 0 radical (unpaired) electrons. The zero-order valence-corrected chi connectivity index (χ0v) is 12.7. The lowest BCUT2D eigenvalue weighted by Gasteiger charge is -2.30. The summed E-state index contributed by atoms with van der Waals surface area (Å²) in [5, 5.41) is 0. The molecule has 1 aromatic carbocycles. The Balaban J connectivity index is 2.79. The summed E-state index contributed by atoms with van der Waals surface area (Å²) in [6, 6.07) is 8.95. The van der Waals surface area contributed by atoms with E-state index in [2.05, 4.69) is 13.8 Å². The molecule has 0 saturated heterocycles. The smallest absolute Gasteiger partial charge is 0.323 e. The number of para-hydroxylation sites is 1. The first kappa shape index (κ1) is 16.5. The van der Waals surface area contributed by atoms with Crippen molar-refractivity contribution in [3.05, 3.63) is 30.3 Å². The number of ether oxygens (including phenoxy) is 2. The van der Waals surface area contributed by atoms with E-state index < -0.39 is 6.04 Å². The Labute approximate surface area is 121 Å². The summed E-state index contributed by atoms with van der Waals surface area (Å²) in [4.78, 5) is 11.7. The van der Waals surface area contributed by atoms with E-state index in [1.54, 1.807) is 6.92 Å². The van der Waals surface area contributed by atoms with Crippen LogP contribution in [-0.4, -0.2) is 24.2 Å². The minimum atomic E-state index is -0.617. The van der Waals surface area contributed by atoms with E-state index >= 15 is 0 Å². The van der Waals surface area contributed by atoms with Crippen molar-refractivity contribution in [2.24, 2.45) is 11.7 Å². The molecule has 0 bridgehead atoms. The molecule has 0 aliphatic carbocycles. The van der Waals surface area contributed by atoms with Crippen molar-refractivity contribution in [3.8, 4) is 5.75 Å². The van der Waals surface area contributed by atoms with Gasteiger partial charge in [0.15, 0.2) is 0 Å². The van der Waals surface area contributed by atoms with Gasteiger partial charge in [0.1, 0.15) is 24.0 Å². The van der Waals surface area contributed by atoms with Crippen LogP contribution in [0, 0.1) is 5.92 Å². The van der Waals surface area contributed by atoms with Gasteiger partial charge in [0.05, 0.1) is 0 Å². The van der Waals surface area contributed by atoms with Gasteiger partial charge in [-0.25, -0.2) is 0 Å². The molecule has 0 saturated carbocycles.